The fourth-order valence-corrected chi connectivity index (χ4v) is 1.22. The molecule has 15 heavy (non-hydrogen) atoms. The van der Waals surface area contributed by atoms with Crippen LogP contribution in [0.25, 0.3) is 6.08 Å². The SMILES string of the molecule is C=Cc1ccccc1C(C)C.OCCO. The summed E-state index contributed by atoms with van der Waals surface area (Å²) in [6.07, 6.45) is 1.91. The van der Waals surface area contributed by atoms with E-state index in [1.165, 1.54) is 11.1 Å². The van der Waals surface area contributed by atoms with E-state index >= 15 is 0 Å². The average Bonchev–Trinajstić information content (AvgIpc) is 2.29. The van der Waals surface area contributed by atoms with Gasteiger partial charge in [0.05, 0.1) is 13.2 Å². The predicted molar refractivity (Wildman–Crippen MR) is 64.8 cm³/mol. The van der Waals surface area contributed by atoms with Gasteiger partial charge in [-0.1, -0.05) is 50.8 Å². The van der Waals surface area contributed by atoms with E-state index < -0.39 is 0 Å². The number of hydrogen-bond donors (Lipinski definition) is 2. The Balaban J connectivity index is 0.000000423. The lowest BCUT2D eigenvalue weighted by Crippen LogP contribution is -1.89. The van der Waals surface area contributed by atoms with Gasteiger partial charge in [0.1, 0.15) is 0 Å². The summed E-state index contributed by atoms with van der Waals surface area (Å²) in [7, 11) is 0. The van der Waals surface area contributed by atoms with E-state index in [0.29, 0.717) is 5.92 Å². The Labute approximate surface area is 91.9 Å². The van der Waals surface area contributed by atoms with Gasteiger partial charge in [-0.3, -0.25) is 0 Å². The average molecular weight is 208 g/mol. The van der Waals surface area contributed by atoms with Crippen LogP contribution in [0.5, 0.6) is 0 Å². The Kier molecular flexibility index (Phi) is 7.60. The van der Waals surface area contributed by atoms with Crippen LogP contribution in [0.1, 0.15) is 30.9 Å². The Morgan fingerprint density at radius 2 is 1.73 bits per heavy atom. The largest absolute Gasteiger partial charge is 0.394 e. The molecular formula is C13H20O2. The Morgan fingerprint density at radius 1 is 1.20 bits per heavy atom. The van der Waals surface area contributed by atoms with E-state index in [9.17, 15) is 0 Å². The third-order valence-electron chi connectivity index (χ3n) is 1.94. The number of hydrogen-bond acceptors (Lipinski definition) is 2. The van der Waals surface area contributed by atoms with Gasteiger partial charge in [-0.25, -0.2) is 0 Å². The van der Waals surface area contributed by atoms with Gasteiger partial charge >= 0.3 is 0 Å². The molecule has 0 amide bonds. The maximum Gasteiger partial charge on any atom is 0.0662 e. The van der Waals surface area contributed by atoms with Crippen LogP contribution in [-0.2, 0) is 0 Å². The topological polar surface area (TPSA) is 40.5 Å². The lowest BCUT2D eigenvalue weighted by Gasteiger charge is -2.08. The highest BCUT2D eigenvalue weighted by atomic mass is 16.3. The number of aliphatic hydroxyl groups excluding tert-OH is 2. The van der Waals surface area contributed by atoms with Gasteiger partial charge in [0.25, 0.3) is 0 Å². The van der Waals surface area contributed by atoms with Crippen molar-refractivity contribution in [3.8, 4) is 0 Å². The fraction of sp³-hybridized carbons (Fsp3) is 0.385. The molecule has 1 rings (SSSR count). The smallest absolute Gasteiger partial charge is 0.0662 e. The molecule has 1 aromatic rings. The van der Waals surface area contributed by atoms with Gasteiger partial charge in [-0.05, 0) is 17.0 Å². The zero-order valence-electron chi connectivity index (χ0n) is 9.48. The lowest BCUT2D eigenvalue weighted by molar-refractivity contribution is 0.186. The van der Waals surface area contributed by atoms with E-state index in [-0.39, 0.29) is 13.2 Å². The Hall–Kier alpha value is -1.12. The van der Waals surface area contributed by atoms with Crippen molar-refractivity contribution in [1.82, 2.24) is 0 Å². The summed E-state index contributed by atoms with van der Waals surface area (Å²) in [4.78, 5) is 0. The summed E-state index contributed by atoms with van der Waals surface area (Å²) in [5.41, 5.74) is 2.63. The third kappa shape index (κ3) is 5.35. The van der Waals surface area contributed by atoms with Crippen molar-refractivity contribution < 1.29 is 10.2 Å². The van der Waals surface area contributed by atoms with Crippen molar-refractivity contribution in [1.29, 1.82) is 0 Å². The van der Waals surface area contributed by atoms with Gasteiger partial charge in [-0.2, -0.15) is 0 Å². The summed E-state index contributed by atoms with van der Waals surface area (Å²) < 4.78 is 0. The van der Waals surface area contributed by atoms with Crippen LogP contribution in [0.15, 0.2) is 30.8 Å². The molecule has 2 heteroatoms. The second-order valence-electron chi connectivity index (χ2n) is 3.43. The molecule has 0 heterocycles. The highest BCUT2D eigenvalue weighted by molar-refractivity contribution is 5.52. The van der Waals surface area contributed by atoms with Crippen molar-refractivity contribution >= 4 is 6.08 Å². The minimum absolute atomic E-state index is 0.125. The molecule has 0 saturated heterocycles. The van der Waals surface area contributed by atoms with E-state index in [1.54, 1.807) is 0 Å². The van der Waals surface area contributed by atoms with Crippen LogP contribution in [0, 0.1) is 0 Å². The van der Waals surface area contributed by atoms with Gasteiger partial charge in [-0.15, -0.1) is 0 Å². The van der Waals surface area contributed by atoms with E-state index in [0.717, 1.165) is 0 Å². The number of aliphatic hydroxyl groups is 2. The van der Waals surface area contributed by atoms with Crippen LogP contribution < -0.4 is 0 Å². The first-order valence-corrected chi connectivity index (χ1v) is 5.10. The molecule has 2 nitrogen and oxygen atoms in total. The van der Waals surface area contributed by atoms with Crippen LogP contribution >= 0.6 is 0 Å². The number of benzene rings is 1. The standard InChI is InChI=1S/C11H14.C2H6O2/c1-4-10-7-5-6-8-11(10)9(2)3;3-1-2-4/h4-9H,1H2,2-3H3;3-4H,1-2H2. The van der Waals surface area contributed by atoms with Gasteiger partial charge < -0.3 is 10.2 Å². The van der Waals surface area contributed by atoms with Crippen LogP contribution in [0.2, 0.25) is 0 Å². The highest BCUT2D eigenvalue weighted by Crippen LogP contribution is 2.19. The highest BCUT2D eigenvalue weighted by Gasteiger charge is 2.00. The maximum atomic E-state index is 7.62. The monoisotopic (exact) mass is 208 g/mol. The molecule has 0 radical (unpaired) electrons. The minimum atomic E-state index is -0.125. The van der Waals surface area contributed by atoms with Crippen LogP contribution in [-0.4, -0.2) is 23.4 Å². The van der Waals surface area contributed by atoms with Gasteiger partial charge in [0, 0.05) is 0 Å². The van der Waals surface area contributed by atoms with Crippen molar-refractivity contribution in [2.24, 2.45) is 0 Å². The van der Waals surface area contributed by atoms with Gasteiger partial charge in [0.15, 0.2) is 0 Å². The van der Waals surface area contributed by atoms with Crippen molar-refractivity contribution in [3.63, 3.8) is 0 Å². The molecule has 0 aromatic heterocycles. The summed E-state index contributed by atoms with van der Waals surface area (Å²) in [6.45, 7) is 7.92. The molecule has 0 spiro atoms. The Bertz CT molecular complexity index is 278. The lowest BCUT2D eigenvalue weighted by atomic mass is 9.97. The Morgan fingerprint density at radius 3 is 2.07 bits per heavy atom. The molecule has 0 unspecified atom stereocenters. The predicted octanol–water partition coefficient (Wildman–Crippen LogP) is 2.42. The summed E-state index contributed by atoms with van der Waals surface area (Å²) in [5.74, 6) is 0.587. The summed E-state index contributed by atoms with van der Waals surface area (Å²) in [5, 5.41) is 15.2. The van der Waals surface area contributed by atoms with Crippen molar-refractivity contribution in [2.45, 2.75) is 19.8 Å². The second kappa shape index (κ2) is 8.21. The van der Waals surface area contributed by atoms with Gasteiger partial charge in [0.2, 0.25) is 0 Å². The second-order valence-corrected chi connectivity index (χ2v) is 3.43. The summed E-state index contributed by atoms with van der Waals surface area (Å²) in [6, 6.07) is 8.37. The molecule has 0 saturated carbocycles. The zero-order valence-corrected chi connectivity index (χ0v) is 9.48. The molecule has 84 valence electrons. The molecule has 0 bridgehead atoms. The van der Waals surface area contributed by atoms with Crippen molar-refractivity contribution in [2.75, 3.05) is 13.2 Å². The molecule has 1 aromatic carbocycles. The molecule has 0 fully saturated rings. The zero-order chi connectivity index (χ0) is 11.7. The molecular weight excluding hydrogens is 188 g/mol. The third-order valence-corrected chi connectivity index (χ3v) is 1.94. The van der Waals surface area contributed by atoms with Crippen LogP contribution in [0.3, 0.4) is 0 Å². The first-order chi connectivity index (χ1) is 7.17. The first kappa shape index (κ1) is 13.9. The quantitative estimate of drug-likeness (QED) is 0.801. The molecule has 0 atom stereocenters. The van der Waals surface area contributed by atoms with E-state index in [1.807, 2.05) is 12.1 Å². The molecule has 0 aliphatic heterocycles. The maximum absolute atomic E-state index is 7.62. The van der Waals surface area contributed by atoms with Crippen LogP contribution in [0.4, 0.5) is 0 Å². The summed E-state index contributed by atoms with van der Waals surface area (Å²) >= 11 is 0. The number of rotatable bonds is 3. The molecule has 0 aliphatic rings. The normalized spacial score (nSPS) is 9.40. The van der Waals surface area contributed by atoms with E-state index in [2.05, 4.69) is 38.6 Å². The minimum Gasteiger partial charge on any atom is -0.394 e. The van der Waals surface area contributed by atoms with Crippen molar-refractivity contribution in [3.05, 3.63) is 42.0 Å². The molecule has 2 N–H and O–H groups in total. The van der Waals surface area contributed by atoms with E-state index in [4.69, 9.17) is 10.2 Å². The first-order valence-electron chi connectivity index (χ1n) is 5.10. The fourth-order valence-electron chi connectivity index (χ4n) is 1.22. The molecule has 0 aliphatic carbocycles.